The Bertz CT molecular complexity index is 768. The van der Waals surface area contributed by atoms with Gasteiger partial charge >= 0.3 is 6.18 Å². The Morgan fingerprint density at radius 3 is 2.73 bits per heavy atom. The van der Waals surface area contributed by atoms with E-state index >= 15 is 0 Å². The fraction of sp³-hybridized carbons (Fsp3) is 0.400. The van der Waals surface area contributed by atoms with Crippen LogP contribution in [0.2, 0.25) is 5.02 Å². The summed E-state index contributed by atoms with van der Waals surface area (Å²) >= 11 is 8.02. The molecule has 0 fully saturated rings. The number of alkyl halides is 3. The second-order valence-electron chi connectivity index (χ2n) is 5.68. The third-order valence-corrected chi connectivity index (χ3v) is 5.29. The summed E-state index contributed by atoms with van der Waals surface area (Å²) in [5, 5.41) is 13.7. The van der Waals surface area contributed by atoms with Crippen LogP contribution < -0.4 is 10.6 Å². The molecule has 0 saturated heterocycles. The molecule has 142 valence electrons. The standard InChI is InChI=1S/C15H16ClF3N4OS2/c1-8(2)6-20-13-22-23-14(26-13)25-7-12(24)21-9-3-4-11(16)10(5-9)15(17,18)19/h3-5,8H,6-7H2,1-2H3,(H,20,22)(H,21,24). The normalized spacial score (nSPS) is 11.7. The van der Waals surface area contributed by atoms with Gasteiger partial charge in [-0.3, -0.25) is 4.79 Å². The molecule has 1 heterocycles. The smallest absolute Gasteiger partial charge is 0.360 e. The monoisotopic (exact) mass is 424 g/mol. The molecule has 26 heavy (non-hydrogen) atoms. The molecule has 5 nitrogen and oxygen atoms in total. The molecule has 1 aromatic carbocycles. The maximum Gasteiger partial charge on any atom is 0.417 e. The molecule has 2 aromatic rings. The minimum Gasteiger partial charge on any atom is -0.360 e. The van der Waals surface area contributed by atoms with Gasteiger partial charge in [-0.2, -0.15) is 13.2 Å². The van der Waals surface area contributed by atoms with Crippen LogP contribution in [0.3, 0.4) is 0 Å². The van der Waals surface area contributed by atoms with Crippen LogP contribution in [-0.4, -0.2) is 28.4 Å². The molecule has 2 N–H and O–H groups in total. The molecule has 11 heteroatoms. The second-order valence-corrected chi connectivity index (χ2v) is 8.28. The summed E-state index contributed by atoms with van der Waals surface area (Å²) in [6.45, 7) is 4.89. The van der Waals surface area contributed by atoms with Crippen molar-refractivity contribution in [2.24, 2.45) is 5.92 Å². The maximum absolute atomic E-state index is 12.8. The van der Waals surface area contributed by atoms with Crippen molar-refractivity contribution in [1.29, 1.82) is 0 Å². The van der Waals surface area contributed by atoms with E-state index in [4.69, 9.17) is 11.6 Å². The Labute approximate surface area is 161 Å². The second kappa shape index (κ2) is 8.92. The van der Waals surface area contributed by atoms with Gasteiger partial charge in [-0.15, -0.1) is 10.2 Å². The highest BCUT2D eigenvalue weighted by atomic mass is 35.5. The molecular weight excluding hydrogens is 409 g/mol. The van der Waals surface area contributed by atoms with Gasteiger partial charge in [-0.1, -0.05) is 48.5 Å². The number of anilines is 2. The zero-order valence-electron chi connectivity index (χ0n) is 13.9. The molecule has 0 aliphatic carbocycles. The van der Waals surface area contributed by atoms with Crippen LogP contribution in [0.5, 0.6) is 0 Å². The predicted molar refractivity (Wildman–Crippen MR) is 99.0 cm³/mol. The van der Waals surface area contributed by atoms with Crippen LogP contribution in [-0.2, 0) is 11.0 Å². The lowest BCUT2D eigenvalue weighted by Crippen LogP contribution is -2.15. The quantitative estimate of drug-likeness (QED) is 0.611. The number of halogens is 4. The van der Waals surface area contributed by atoms with Gasteiger partial charge < -0.3 is 10.6 Å². The number of carbonyl (C=O) groups is 1. The zero-order valence-corrected chi connectivity index (χ0v) is 16.2. The topological polar surface area (TPSA) is 66.9 Å². The molecule has 0 atom stereocenters. The number of hydrogen-bond acceptors (Lipinski definition) is 6. The van der Waals surface area contributed by atoms with E-state index in [0.717, 1.165) is 30.4 Å². The summed E-state index contributed by atoms with van der Waals surface area (Å²) in [4.78, 5) is 11.9. The average Bonchev–Trinajstić information content (AvgIpc) is 3.00. The molecular formula is C15H16ClF3N4OS2. The fourth-order valence-electron chi connectivity index (χ4n) is 1.78. The summed E-state index contributed by atoms with van der Waals surface area (Å²) in [7, 11) is 0. The Balaban J connectivity index is 1.89. The molecule has 1 aromatic heterocycles. The molecule has 0 radical (unpaired) electrons. The van der Waals surface area contributed by atoms with E-state index in [-0.39, 0.29) is 11.4 Å². The number of rotatable bonds is 7. The van der Waals surface area contributed by atoms with Gasteiger partial charge in [-0.05, 0) is 24.1 Å². The largest absolute Gasteiger partial charge is 0.417 e. The summed E-state index contributed by atoms with van der Waals surface area (Å²) in [5.41, 5.74) is -0.960. The number of thioether (sulfide) groups is 1. The first kappa shape index (κ1) is 20.8. The zero-order chi connectivity index (χ0) is 19.3. The van der Waals surface area contributed by atoms with Gasteiger partial charge in [-0.25, -0.2) is 0 Å². The Morgan fingerprint density at radius 1 is 1.35 bits per heavy atom. The lowest BCUT2D eigenvalue weighted by Gasteiger charge is -2.11. The number of nitrogens with one attached hydrogen (secondary N) is 2. The Kier molecular flexibility index (Phi) is 7.13. The highest BCUT2D eigenvalue weighted by molar-refractivity contribution is 8.01. The van der Waals surface area contributed by atoms with Crippen molar-refractivity contribution < 1.29 is 18.0 Å². The number of carbonyl (C=O) groups excluding carboxylic acids is 1. The lowest BCUT2D eigenvalue weighted by molar-refractivity contribution is -0.137. The first-order chi connectivity index (χ1) is 12.1. The Hall–Kier alpha value is -1.52. The van der Waals surface area contributed by atoms with Gasteiger partial charge in [0.15, 0.2) is 4.34 Å². The van der Waals surface area contributed by atoms with E-state index in [1.54, 1.807) is 0 Å². The van der Waals surface area contributed by atoms with E-state index in [2.05, 4.69) is 34.7 Å². The SMILES string of the molecule is CC(C)CNc1nnc(SCC(=O)Nc2ccc(Cl)c(C(F)(F)F)c2)s1. The van der Waals surface area contributed by atoms with Crippen molar-refractivity contribution in [1.82, 2.24) is 10.2 Å². The summed E-state index contributed by atoms with van der Waals surface area (Å²) in [5.74, 6) is 0.0158. The third kappa shape index (κ3) is 6.33. The number of nitrogens with zero attached hydrogens (tertiary/aromatic N) is 2. The number of amides is 1. The van der Waals surface area contributed by atoms with Crippen molar-refractivity contribution in [2.75, 3.05) is 22.9 Å². The van der Waals surface area contributed by atoms with Gasteiger partial charge in [0, 0.05) is 12.2 Å². The van der Waals surface area contributed by atoms with Crippen LogP contribution in [0.4, 0.5) is 24.0 Å². The minimum atomic E-state index is -4.58. The highest BCUT2D eigenvalue weighted by Crippen LogP contribution is 2.36. The number of hydrogen-bond donors (Lipinski definition) is 2. The van der Waals surface area contributed by atoms with E-state index in [9.17, 15) is 18.0 Å². The maximum atomic E-state index is 12.8. The number of benzene rings is 1. The molecule has 0 aliphatic heterocycles. The Morgan fingerprint density at radius 2 is 2.08 bits per heavy atom. The first-order valence-corrected chi connectivity index (χ1v) is 9.70. The minimum absolute atomic E-state index is 0.00277. The highest BCUT2D eigenvalue weighted by Gasteiger charge is 2.33. The van der Waals surface area contributed by atoms with E-state index in [1.165, 1.54) is 17.4 Å². The van der Waals surface area contributed by atoms with Crippen LogP contribution in [0.1, 0.15) is 19.4 Å². The fourth-order valence-corrected chi connectivity index (χ4v) is 3.56. The van der Waals surface area contributed by atoms with Crippen molar-refractivity contribution in [2.45, 2.75) is 24.4 Å². The molecule has 0 saturated carbocycles. The lowest BCUT2D eigenvalue weighted by atomic mass is 10.2. The molecule has 2 rings (SSSR count). The van der Waals surface area contributed by atoms with Crippen LogP contribution >= 0.6 is 34.7 Å². The first-order valence-electron chi connectivity index (χ1n) is 7.52. The van der Waals surface area contributed by atoms with Crippen molar-refractivity contribution in [3.63, 3.8) is 0 Å². The van der Waals surface area contributed by atoms with Gasteiger partial charge in [0.05, 0.1) is 16.3 Å². The van der Waals surface area contributed by atoms with Crippen LogP contribution in [0.15, 0.2) is 22.5 Å². The molecule has 0 unspecified atom stereocenters. The van der Waals surface area contributed by atoms with Crippen molar-refractivity contribution in [3.8, 4) is 0 Å². The molecule has 0 aliphatic rings. The van der Waals surface area contributed by atoms with Crippen LogP contribution in [0, 0.1) is 5.92 Å². The average molecular weight is 425 g/mol. The summed E-state index contributed by atoms with van der Waals surface area (Å²) in [6.07, 6.45) is -4.58. The molecule has 0 bridgehead atoms. The van der Waals surface area contributed by atoms with Crippen LogP contribution in [0.25, 0.3) is 0 Å². The van der Waals surface area contributed by atoms with E-state index < -0.39 is 22.7 Å². The predicted octanol–water partition coefficient (Wildman–Crippen LogP) is 5.01. The van der Waals surface area contributed by atoms with E-state index in [1.807, 2.05) is 0 Å². The summed E-state index contributed by atoms with van der Waals surface area (Å²) < 4.78 is 39.1. The van der Waals surface area contributed by atoms with Crippen molar-refractivity contribution >= 4 is 51.4 Å². The van der Waals surface area contributed by atoms with E-state index in [0.29, 0.717) is 15.4 Å². The van der Waals surface area contributed by atoms with Gasteiger partial charge in [0.2, 0.25) is 11.0 Å². The molecule has 1 amide bonds. The summed E-state index contributed by atoms with van der Waals surface area (Å²) in [6, 6.07) is 3.23. The van der Waals surface area contributed by atoms with Crippen molar-refractivity contribution in [3.05, 3.63) is 28.8 Å². The van der Waals surface area contributed by atoms with Gasteiger partial charge in [0.1, 0.15) is 0 Å². The number of aromatic nitrogens is 2. The van der Waals surface area contributed by atoms with Gasteiger partial charge in [0.25, 0.3) is 0 Å². The third-order valence-electron chi connectivity index (χ3n) is 2.95. The molecule has 0 spiro atoms.